The SMILES string of the molecule is CCCCCCC/C=C/S(=O)(=O)c1ccccc1. The molecular formula is C15H22O2S. The normalized spacial score (nSPS) is 12.1. The molecule has 0 N–H and O–H groups in total. The van der Waals surface area contributed by atoms with Crippen molar-refractivity contribution in [2.45, 2.75) is 50.3 Å². The molecule has 1 rings (SSSR count). The van der Waals surface area contributed by atoms with Gasteiger partial charge < -0.3 is 0 Å². The minimum Gasteiger partial charge on any atom is -0.219 e. The summed E-state index contributed by atoms with van der Waals surface area (Å²) in [4.78, 5) is 0.368. The molecule has 0 saturated carbocycles. The van der Waals surface area contributed by atoms with E-state index in [-0.39, 0.29) is 0 Å². The lowest BCUT2D eigenvalue weighted by molar-refractivity contribution is 0.604. The van der Waals surface area contributed by atoms with Crippen molar-refractivity contribution >= 4 is 9.84 Å². The van der Waals surface area contributed by atoms with Gasteiger partial charge in [0.05, 0.1) is 4.90 Å². The van der Waals surface area contributed by atoms with E-state index in [0.29, 0.717) is 4.90 Å². The predicted octanol–water partition coefficient (Wildman–Crippen LogP) is 4.33. The van der Waals surface area contributed by atoms with E-state index in [9.17, 15) is 8.42 Å². The van der Waals surface area contributed by atoms with Crippen LogP contribution in [0, 0.1) is 0 Å². The summed E-state index contributed by atoms with van der Waals surface area (Å²) in [7, 11) is -3.24. The summed E-state index contributed by atoms with van der Waals surface area (Å²) < 4.78 is 23.8. The van der Waals surface area contributed by atoms with E-state index in [1.165, 1.54) is 31.1 Å². The Kier molecular flexibility index (Phi) is 6.73. The predicted molar refractivity (Wildman–Crippen MR) is 76.1 cm³/mol. The second-order valence-electron chi connectivity index (χ2n) is 4.43. The molecule has 0 aliphatic rings. The maximum absolute atomic E-state index is 11.9. The average molecular weight is 266 g/mol. The highest BCUT2D eigenvalue weighted by Gasteiger charge is 2.07. The summed E-state index contributed by atoms with van der Waals surface area (Å²) in [6, 6.07) is 8.55. The zero-order valence-corrected chi connectivity index (χ0v) is 11.8. The van der Waals surface area contributed by atoms with Gasteiger partial charge >= 0.3 is 0 Å². The Balaban J connectivity index is 2.37. The first-order chi connectivity index (χ1) is 8.67. The fourth-order valence-corrected chi connectivity index (χ4v) is 2.83. The fourth-order valence-electron chi connectivity index (χ4n) is 1.75. The van der Waals surface area contributed by atoms with Crippen molar-refractivity contribution in [2.24, 2.45) is 0 Å². The molecule has 0 saturated heterocycles. The molecule has 0 atom stereocenters. The van der Waals surface area contributed by atoms with Crippen LogP contribution in [0.2, 0.25) is 0 Å². The van der Waals surface area contributed by atoms with Gasteiger partial charge in [-0.05, 0) is 25.0 Å². The van der Waals surface area contributed by atoms with Gasteiger partial charge in [-0.2, -0.15) is 0 Å². The number of rotatable bonds is 8. The van der Waals surface area contributed by atoms with Crippen LogP contribution < -0.4 is 0 Å². The highest BCUT2D eigenvalue weighted by Crippen LogP contribution is 2.12. The van der Waals surface area contributed by atoms with Crippen molar-refractivity contribution in [2.75, 3.05) is 0 Å². The highest BCUT2D eigenvalue weighted by molar-refractivity contribution is 7.94. The summed E-state index contributed by atoms with van der Waals surface area (Å²) in [6.45, 7) is 2.19. The maximum Gasteiger partial charge on any atom is 0.199 e. The Morgan fingerprint density at radius 1 is 1.00 bits per heavy atom. The van der Waals surface area contributed by atoms with E-state index in [0.717, 1.165) is 12.8 Å². The second kappa shape index (κ2) is 8.09. The average Bonchev–Trinajstić information content (AvgIpc) is 2.39. The van der Waals surface area contributed by atoms with Crippen LogP contribution in [0.5, 0.6) is 0 Å². The molecule has 0 fully saturated rings. The Morgan fingerprint density at radius 2 is 1.67 bits per heavy atom. The number of sulfone groups is 1. The molecule has 0 aliphatic heterocycles. The number of allylic oxidation sites excluding steroid dienone is 1. The number of hydrogen-bond donors (Lipinski definition) is 0. The van der Waals surface area contributed by atoms with E-state index in [1.807, 2.05) is 6.07 Å². The summed E-state index contributed by atoms with van der Waals surface area (Å²) in [5.41, 5.74) is 0. The minimum absolute atomic E-state index is 0.368. The van der Waals surface area contributed by atoms with E-state index in [4.69, 9.17) is 0 Å². The monoisotopic (exact) mass is 266 g/mol. The van der Waals surface area contributed by atoms with Crippen LogP contribution in [-0.4, -0.2) is 8.42 Å². The summed E-state index contributed by atoms with van der Waals surface area (Å²) in [5, 5.41) is 1.34. The van der Waals surface area contributed by atoms with Crippen molar-refractivity contribution in [1.82, 2.24) is 0 Å². The molecule has 1 aromatic rings. The first kappa shape index (κ1) is 15.0. The van der Waals surface area contributed by atoms with Crippen molar-refractivity contribution in [1.29, 1.82) is 0 Å². The molecule has 0 heterocycles. The zero-order chi connectivity index (χ0) is 13.3. The van der Waals surface area contributed by atoms with Gasteiger partial charge in [-0.15, -0.1) is 0 Å². The number of unbranched alkanes of at least 4 members (excludes halogenated alkanes) is 5. The van der Waals surface area contributed by atoms with Crippen molar-refractivity contribution in [3.8, 4) is 0 Å². The third kappa shape index (κ3) is 5.50. The Morgan fingerprint density at radius 3 is 2.33 bits per heavy atom. The fraction of sp³-hybridized carbons (Fsp3) is 0.467. The smallest absolute Gasteiger partial charge is 0.199 e. The second-order valence-corrected chi connectivity index (χ2v) is 6.27. The van der Waals surface area contributed by atoms with Crippen LogP contribution in [0.1, 0.15) is 45.4 Å². The quantitative estimate of drug-likeness (QED) is 0.656. The minimum atomic E-state index is -3.24. The van der Waals surface area contributed by atoms with Crippen LogP contribution in [-0.2, 0) is 9.84 Å². The Bertz CT molecular complexity index is 447. The molecule has 18 heavy (non-hydrogen) atoms. The molecule has 0 aliphatic carbocycles. The van der Waals surface area contributed by atoms with Crippen LogP contribution in [0.4, 0.5) is 0 Å². The molecule has 100 valence electrons. The van der Waals surface area contributed by atoms with Gasteiger partial charge in [-0.3, -0.25) is 0 Å². The first-order valence-electron chi connectivity index (χ1n) is 6.63. The third-order valence-electron chi connectivity index (χ3n) is 2.82. The lowest BCUT2D eigenvalue weighted by Gasteiger charge is -1.98. The molecule has 3 heteroatoms. The first-order valence-corrected chi connectivity index (χ1v) is 8.18. The van der Waals surface area contributed by atoms with Crippen LogP contribution >= 0.6 is 0 Å². The van der Waals surface area contributed by atoms with Crippen LogP contribution in [0.3, 0.4) is 0 Å². The van der Waals surface area contributed by atoms with E-state index in [2.05, 4.69) is 6.92 Å². The van der Waals surface area contributed by atoms with Gasteiger partial charge in [0.1, 0.15) is 0 Å². The Labute approximate surface area is 111 Å². The van der Waals surface area contributed by atoms with Gasteiger partial charge in [0, 0.05) is 5.41 Å². The van der Waals surface area contributed by atoms with E-state index < -0.39 is 9.84 Å². The van der Waals surface area contributed by atoms with Crippen molar-refractivity contribution in [3.63, 3.8) is 0 Å². The largest absolute Gasteiger partial charge is 0.219 e. The van der Waals surface area contributed by atoms with Crippen molar-refractivity contribution in [3.05, 3.63) is 41.8 Å². The topological polar surface area (TPSA) is 34.1 Å². The van der Waals surface area contributed by atoms with Crippen LogP contribution in [0.15, 0.2) is 46.7 Å². The van der Waals surface area contributed by atoms with Gasteiger partial charge in [-0.1, -0.05) is 56.9 Å². The summed E-state index contributed by atoms with van der Waals surface area (Å²) in [6.07, 6.45) is 8.62. The summed E-state index contributed by atoms with van der Waals surface area (Å²) in [5.74, 6) is 0. The molecular weight excluding hydrogens is 244 g/mol. The van der Waals surface area contributed by atoms with Gasteiger partial charge in [0.15, 0.2) is 9.84 Å². The molecule has 0 unspecified atom stereocenters. The zero-order valence-electron chi connectivity index (χ0n) is 11.0. The van der Waals surface area contributed by atoms with Gasteiger partial charge in [-0.25, -0.2) is 8.42 Å². The molecule has 0 bridgehead atoms. The standard InChI is InChI=1S/C15H22O2S/c1-2-3-4-5-6-7-11-14-18(16,17)15-12-9-8-10-13-15/h8-14H,2-7H2,1H3/b14-11+. The van der Waals surface area contributed by atoms with Crippen LogP contribution in [0.25, 0.3) is 0 Å². The lowest BCUT2D eigenvalue weighted by atomic mass is 10.1. The number of hydrogen-bond acceptors (Lipinski definition) is 2. The molecule has 0 amide bonds. The summed E-state index contributed by atoms with van der Waals surface area (Å²) >= 11 is 0. The van der Waals surface area contributed by atoms with E-state index >= 15 is 0 Å². The third-order valence-corrected chi connectivity index (χ3v) is 4.30. The molecule has 1 aromatic carbocycles. The van der Waals surface area contributed by atoms with Gasteiger partial charge in [0.25, 0.3) is 0 Å². The molecule has 0 spiro atoms. The van der Waals surface area contributed by atoms with Crippen molar-refractivity contribution < 1.29 is 8.42 Å². The molecule has 0 aromatic heterocycles. The maximum atomic E-state index is 11.9. The molecule has 0 radical (unpaired) electrons. The number of benzene rings is 1. The Hall–Kier alpha value is -1.09. The van der Waals surface area contributed by atoms with E-state index in [1.54, 1.807) is 30.3 Å². The highest BCUT2D eigenvalue weighted by atomic mass is 32.2. The molecule has 2 nitrogen and oxygen atoms in total. The lowest BCUT2D eigenvalue weighted by Crippen LogP contribution is -1.95. The van der Waals surface area contributed by atoms with Gasteiger partial charge in [0.2, 0.25) is 0 Å².